The number of anilines is 1. The third-order valence-electron chi connectivity index (χ3n) is 4.01. The summed E-state index contributed by atoms with van der Waals surface area (Å²) in [7, 11) is 0. The second-order valence-corrected chi connectivity index (χ2v) is 5.81. The number of halogens is 1. The summed E-state index contributed by atoms with van der Waals surface area (Å²) in [4.78, 5) is 0. The number of ether oxygens (including phenoxy) is 1. The van der Waals surface area contributed by atoms with Gasteiger partial charge < -0.3 is 15.0 Å². The molecule has 2 heterocycles. The van der Waals surface area contributed by atoms with E-state index >= 15 is 0 Å². The van der Waals surface area contributed by atoms with E-state index in [1.54, 1.807) is 0 Å². The van der Waals surface area contributed by atoms with E-state index < -0.39 is 0 Å². The highest BCUT2D eigenvalue weighted by Gasteiger charge is 2.18. The molecule has 4 rings (SSSR count). The second kappa shape index (κ2) is 4.71. The number of aromatic nitrogens is 1. The van der Waals surface area contributed by atoms with Crippen LogP contribution in [0.2, 0.25) is 5.02 Å². The van der Waals surface area contributed by atoms with Gasteiger partial charge in [-0.05, 0) is 35.9 Å². The van der Waals surface area contributed by atoms with Crippen molar-refractivity contribution in [2.75, 3.05) is 12.3 Å². The molecule has 3 aromatic rings. The predicted molar refractivity (Wildman–Crippen MR) is 86.1 cm³/mol. The number of nitrogens with two attached hydrogens (primary N) is 1. The van der Waals surface area contributed by atoms with E-state index in [4.69, 9.17) is 22.1 Å². The number of hydrogen-bond donors (Lipinski definition) is 1. The highest BCUT2D eigenvalue weighted by molar-refractivity contribution is 6.30. The monoisotopic (exact) mass is 298 g/mol. The van der Waals surface area contributed by atoms with Crippen molar-refractivity contribution >= 4 is 28.2 Å². The Morgan fingerprint density at radius 1 is 1.24 bits per heavy atom. The van der Waals surface area contributed by atoms with Crippen LogP contribution >= 0.6 is 11.6 Å². The molecule has 0 saturated heterocycles. The summed E-state index contributed by atoms with van der Waals surface area (Å²) in [6.07, 6.45) is 2.99. The number of nitrogen functional groups attached to an aromatic ring is 1. The smallest absolute Gasteiger partial charge is 0.127 e. The third-order valence-corrected chi connectivity index (χ3v) is 4.23. The maximum absolute atomic E-state index is 6.23. The average Bonchev–Trinajstić information content (AvgIpc) is 3.07. The van der Waals surface area contributed by atoms with Crippen molar-refractivity contribution in [2.24, 2.45) is 0 Å². The molecular weight excluding hydrogens is 284 g/mol. The molecule has 0 aliphatic carbocycles. The number of nitrogens with zero attached hydrogens (tertiary/aromatic N) is 1. The fraction of sp³-hybridized carbons (Fsp3) is 0.176. The summed E-state index contributed by atoms with van der Waals surface area (Å²) in [5.74, 6) is 0.991. The highest BCUT2D eigenvalue weighted by atomic mass is 35.5. The Hall–Kier alpha value is -2.13. The lowest BCUT2D eigenvalue weighted by molar-refractivity contribution is 0.353. The number of rotatable bonds is 2. The maximum atomic E-state index is 6.23. The van der Waals surface area contributed by atoms with E-state index in [0.717, 1.165) is 52.5 Å². The molecule has 0 bridgehead atoms. The molecule has 1 aromatic heterocycles. The summed E-state index contributed by atoms with van der Waals surface area (Å²) in [5, 5.41) is 1.85. The summed E-state index contributed by atoms with van der Waals surface area (Å²) in [6.45, 7) is 1.47. The minimum Gasteiger partial charge on any atom is -0.493 e. The van der Waals surface area contributed by atoms with Crippen LogP contribution in [-0.2, 0) is 13.0 Å². The first kappa shape index (κ1) is 12.6. The first-order valence-corrected chi connectivity index (χ1v) is 7.37. The molecule has 3 nitrogen and oxygen atoms in total. The van der Waals surface area contributed by atoms with E-state index in [0.29, 0.717) is 0 Å². The molecule has 0 fully saturated rings. The lowest BCUT2D eigenvalue weighted by Gasteiger charge is -2.11. The number of benzene rings is 2. The zero-order valence-corrected chi connectivity index (χ0v) is 12.2. The molecule has 0 amide bonds. The van der Waals surface area contributed by atoms with Crippen molar-refractivity contribution in [3.63, 3.8) is 0 Å². The minimum atomic E-state index is 0.732. The molecule has 21 heavy (non-hydrogen) atoms. The van der Waals surface area contributed by atoms with Gasteiger partial charge in [0, 0.05) is 34.3 Å². The molecule has 1 aliphatic rings. The van der Waals surface area contributed by atoms with Crippen molar-refractivity contribution in [2.45, 2.75) is 13.0 Å². The zero-order chi connectivity index (χ0) is 14.4. The molecule has 2 aromatic carbocycles. The van der Waals surface area contributed by atoms with Crippen LogP contribution in [0.15, 0.2) is 42.6 Å². The van der Waals surface area contributed by atoms with Crippen molar-refractivity contribution < 1.29 is 4.74 Å². The molecule has 0 unspecified atom stereocenters. The fourth-order valence-electron chi connectivity index (χ4n) is 3.03. The van der Waals surface area contributed by atoms with Gasteiger partial charge >= 0.3 is 0 Å². The van der Waals surface area contributed by atoms with E-state index in [1.807, 2.05) is 24.3 Å². The summed E-state index contributed by atoms with van der Waals surface area (Å²) >= 11 is 6.23. The molecular formula is C17H15ClN2O. The lowest BCUT2D eigenvalue weighted by atomic mass is 10.1. The van der Waals surface area contributed by atoms with Gasteiger partial charge in [-0.15, -0.1) is 0 Å². The Balaban J connectivity index is 1.81. The van der Waals surface area contributed by atoms with Crippen LogP contribution in [0.4, 0.5) is 5.69 Å². The Morgan fingerprint density at radius 2 is 2.14 bits per heavy atom. The largest absolute Gasteiger partial charge is 0.493 e. The molecule has 0 radical (unpaired) electrons. The van der Waals surface area contributed by atoms with E-state index in [9.17, 15) is 0 Å². The molecule has 0 spiro atoms. The number of fused-ring (bicyclic) bond motifs is 2. The standard InChI is InChI=1S/C17H15ClN2O/c18-13-8-11-5-7-21-17(11)12(9-13)10-20-6-4-14-15(19)2-1-3-16(14)20/h1-4,6,8-9H,5,7,10,19H2. The summed E-state index contributed by atoms with van der Waals surface area (Å²) in [6, 6.07) is 12.0. The second-order valence-electron chi connectivity index (χ2n) is 5.38. The van der Waals surface area contributed by atoms with Crippen molar-refractivity contribution in [1.29, 1.82) is 0 Å². The molecule has 4 heteroatoms. The van der Waals surface area contributed by atoms with Crippen LogP contribution in [0.3, 0.4) is 0 Å². The van der Waals surface area contributed by atoms with Crippen molar-refractivity contribution in [1.82, 2.24) is 4.57 Å². The SMILES string of the molecule is Nc1cccc2c1ccn2Cc1cc(Cl)cc2c1OCC2. The van der Waals surface area contributed by atoms with Crippen LogP contribution in [-0.4, -0.2) is 11.2 Å². The third kappa shape index (κ3) is 2.05. The van der Waals surface area contributed by atoms with E-state index in [2.05, 4.69) is 22.9 Å². The minimum absolute atomic E-state index is 0.732. The van der Waals surface area contributed by atoms with Gasteiger partial charge in [-0.3, -0.25) is 0 Å². The van der Waals surface area contributed by atoms with Crippen LogP contribution in [0, 0.1) is 0 Å². The van der Waals surface area contributed by atoms with Crippen LogP contribution < -0.4 is 10.5 Å². The summed E-state index contributed by atoms with van der Waals surface area (Å²) < 4.78 is 7.95. The lowest BCUT2D eigenvalue weighted by Crippen LogP contribution is -2.00. The van der Waals surface area contributed by atoms with Gasteiger partial charge in [-0.2, -0.15) is 0 Å². The first-order valence-electron chi connectivity index (χ1n) is 7.00. The average molecular weight is 299 g/mol. The van der Waals surface area contributed by atoms with Crippen molar-refractivity contribution in [3.05, 3.63) is 58.7 Å². The van der Waals surface area contributed by atoms with Gasteiger partial charge in [0.25, 0.3) is 0 Å². The predicted octanol–water partition coefficient (Wildman–Crippen LogP) is 3.86. The fourth-order valence-corrected chi connectivity index (χ4v) is 3.30. The van der Waals surface area contributed by atoms with Crippen molar-refractivity contribution in [3.8, 4) is 5.75 Å². The normalized spacial score (nSPS) is 13.4. The zero-order valence-electron chi connectivity index (χ0n) is 11.5. The van der Waals surface area contributed by atoms with Crippen LogP contribution in [0.25, 0.3) is 10.9 Å². The van der Waals surface area contributed by atoms with Gasteiger partial charge in [-0.1, -0.05) is 17.7 Å². The van der Waals surface area contributed by atoms with Gasteiger partial charge in [0.15, 0.2) is 0 Å². The van der Waals surface area contributed by atoms with Gasteiger partial charge in [-0.25, -0.2) is 0 Å². The van der Waals surface area contributed by atoms with Gasteiger partial charge in [0.1, 0.15) is 5.75 Å². The topological polar surface area (TPSA) is 40.2 Å². The molecule has 0 atom stereocenters. The first-order chi connectivity index (χ1) is 10.2. The van der Waals surface area contributed by atoms with Crippen LogP contribution in [0.5, 0.6) is 5.75 Å². The Bertz CT molecular complexity index is 838. The van der Waals surface area contributed by atoms with E-state index in [-0.39, 0.29) is 0 Å². The van der Waals surface area contributed by atoms with E-state index in [1.165, 1.54) is 5.56 Å². The highest BCUT2D eigenvalue weighted by Crippen LogP contribution is 2.34. The Kier molecular flexibility index (Phi) is 2.82. The van der Waals surface area contributed by atoms with Gasteiger partial charge in [0.05, 0.1) is 18.7 Å². The molecule has 106 valence electrons. The maximum Gasteiger partial charge on any atom is 0.127 e. The number of hydrogen-bond acceptors (Lipinski definition) is 2. The quantitative estimate of drug-likeness (QED) is 0.730. The molecule has 0 saturated carbocycles. The Morgan fingerprint density at radius 3 is 3.05 bits per heavy atom. The Labute approximate surface area is 127 Å². The summed E-state index contributed by atoms with van der Waals surface area (Å²) in [5.41, 5.74) is 10.3. The van der Waals surface area contributed by atoms with Gasteiger partial charge in [0.2, 0.25) is 0 Å². The van der Waals surface area contributed by atoms with Crippen LogP contribution in [0.1, 0.15) is 11.1 Å². The molecule has 1 aliphatic heterocycles. The molecule has 2 N–H and O–H groups in total.